The average molecular weight is 313 g/mol. The van der Waals surface area contributed by atoms with Gasteiger partial charge in [-0.1, -0.05) is 0 Å². The molecule has 4 nitrogen and oxygen atoms in total. The smallest absolute Gasteiger partial charge is 0.327 e. The fourth-order valence-corrected chi connectivity index (χ4v) is 4.18. The maximum atomic E-state index is 13.3. The van der Waals surface area contributed by atoms with Crippen molar-refractivity contribution >= 4 is 23.6 Å². The zero-order valence-electron chi connectivity index (χ0n) is 11.0. The monoisotopic (exact) mass is 313 g/mol. The van der Waals surface area contributed by atoms with Crippen LogP contribution in [0.3, 0.4) is 0 Å². The van der Waals surface area contributed by atoms with Crippen LogP contribution in [-0.2, 0) is 4.79 Å². The molecule has 2 atom stereocenters. The molecule has 112 valence electrons. The standard InChI is InChI=1S/C14H13F2NO3S/c15-9-3-8(4-10(16)5-9)12(18)17-11(14(19)20)6-21-13(17)7-1-2-7/h3-5,7,11,13H,1-2,6H2,(H,19,20). The molecule has 0 spiro atoms. The van der Waals surface area contributed by atoms with Gasteiger partial charge in [0.1, 0.15) is 17.7 Å². The second kappa shape index (κ2) is 5.29. The van der Waals surface area contributed by atoms with Gasteiger partial charge in [0.15, 0.2) is 0 Å². The third-order valence-electron chi connectivity index (χ3n) is 3.69. The molecule has 1 aliphatic carbocycles. The van der Waals surface area contributed by atoms with Crippen LogP contribution in [0, 0.1) is 17.6 Å². The molecule has 1 saturated carbocycles. The number of benzene rings is 1. The van der Waals surface area contributed by atoms with Crippen molar-refractivity contribution in [1.29, 1.82) is 0 Å². The number of carboxylic acids is 1. The Bertz CT molecular complexity index is 586. The molecular formula is C14H13F2NO3S. The SMILES string of the molecule is O=C(O)C1CSC(C2CC2)N1C(=O)c1cc(F)cc(F)c1. The summed E-state index contributed by atoms with van der Waals surface area (Å²) in [6.07, 6.45) is 1.90. The van der Waals surface area contributed by atoms with E-state index in [1.54, 1.807) is 0 Å². The Labute approximate surface area is 124 Å². The summed E-state index contributed by atoms with van der Waals surface area (Å²) in [6.45, 7) is 0. The van der Waals surface area contributed by atoms with Crippen LogP contribution in [0.25, 0.3) is 0 Å². The molecule has 3 rings (SSSR count). The minimum Gasteiger partial charge on any atom is -0.480 e. The summed E-state index contributed by atoms with van der Waals surface area (Å²) in [6, 6.07) is 1.62. The maximum absolute atomic E-state index is 13.3. The molecule has 1 N–H and O–H groups in total. The Morgan fingerprint density at radius 3 is 2.33 bits per heavy atom. The van der Waals surface area contributed by atoms with Gasteiger partial charge in [0.25, 0.3) is 5.91 Å². The van der Waals surface area contributed by atoms with Crippen LogP contribution < -0.4 is 0 Å². The Kier molecular flexibility index (Phi) is 3.61. The van der Waals surface area contributed by atoms with E-state index in [9.17, 15) is 23.5 Å². The molecule has 0 bridgehead atoms. The minimum absolute atomic E-state index is 0.146. The van der Waals surface area contributed by atoms with E-state index >= 15 is 0 Å². The maximum Gasteiger partial charge on any atom is 0.327 e. The number of aliphatic carboxylic acids is 1. The minimum atomic E-state index is -1.09. The highest BCUT2D eigenvalue weighted by Gasteiger charge is 2.48. The predicted octanol–water partition coefficient (Wildman–Crippen LogP) is 2.34. The van der Waals surface area contributed by atoms with Gasteiger partial charge in [-0.3, -0.25) is 4.79 Å². The van der Waals surface area contributed by atoms with Crippen LogP contribution in [0.1, 0.15) is 23.2 Å². The van der Waals surface area contributed by atoms with Crippen molar-refractivity contribution in [2.75, 3.05) is 5.75 Å². The summed E-state index contributed by atoms with van der Waals surface area (Å²) < 4.78 is 26.5. The Balaban J connectivity index is 1.93. The van der Waals surface area contributed by atoms with Crippen molar-refractivity contribution < 1.29 is 23.5 Å². The topological polar surface area (TPSA) is 57.6 Å². The number of hydrogen-bond donors (Lipinski definition) is 1. The molecule has 1 aliphatic heterocycles. The molecule has 7 heteroatoms. The molecule has 1 saturated heterocycles. The molecule has 0 aromatic heterocycles. The lowest BCUT2D eigenvalue weighted by Gasteiger charge is -2.27. The molecule has 1 aromatic rings. The molecule has 2 fully saturated rings. The van der Waals surface area contributed by atoms with E-state index in [1.165, 1.54) is 16.7 Å². The molecule has 2 unspecified atom stereocenters. The Morgan fingerprint density at radius 2 is 1.81 bits per heavy atom. The van der Waals surface area contributed by atoms with Gasteiger partial charge in [0.05, 0.1) is 5.37 Å². The number of carbonyl (C=O) groups is 2. The van der Waals surface area contributed by atoms with E-state index < -0.39 is 29.6 Å². The Hall–Kier alpha value is -1.63. The highest BCUT2D eigenvalue weighted by molar-refractivity contribution is 8.00. The van der Waals surface area contributed by atoms with Gasteiger partial charge in [-0.2, -0.15) is 0 Å². The first kappa shape index (κ1) is 14.3. The van der Waals surface area contributed by atoms with Crippen molar-refractivity contribution in [1.82, 2.24) is 4.90 Å². The van der Waals surface area contributed by atoms with E-state index in [-0.39, 0.29) is 16.9 Å². The van der Waals surface area contributed by atoms with Crippen LogP contribution in [0.2, 0.25) is 0 Å². The third kappa shape index (κ3) is 2.74. The van der Waals surface area contributed by atoms with Crippen molar-refractivity contribution in [3.63, 3.8) is 0 Å². The first-order chi connectivity index (χ1) is 9.97. The van der Waals surface area contributed by atoms with Crippen molar-refractivity contribution in [2.24, 2.45) is 5.92 Å². The first-order valence-electron chi connectivity index (χ1n) is 6.60. The zero-order valence-corrected chi connectivity index (χ0v) is 11.8. The van der Waals surface area contributed by atoms with Crippen molar-refractivity contribution in [3.05, 3.63) is 35.4 Å². The lowest BCUT2D eigenvalue weighted by atomic mass is 10.1. The van der Waals surface area contributed by atoms with Crippen LogP contribution in [-0.4, -0.2) is 39.1 Å². The van der Waals surface area contributed by atoms with Crippen molar-refractivity contribution in [2.45, 2.75) is 24.3 Å². The second-order valence-corrected chi connectivity index (χ2v) is 6.44. The Morgan fingerprint density at radius 1 is 1.19 bits per heavy atom. The molecule has 1 aromatic carbocycles. The molecule has 1 heterocycles. The third-order valence-corrected chi connectivity index (χ3v) is 5.15. The predicted molar refractivity (Wildman–Crippen MR) is 72.9 cm³/mol. The van der Waals surface area contributed by atoms with E-state index in [2.05, 4.69) is 0 Å². The first-order valence-corrected chi connectivity index (χ1v) is 7.65. The lowest BCUT2D eigenvalue weighted by molar-refractivity contribution is -0.141. The molecule has 2 aliphatic rings. The number of nitrogens with zero attached hydrogens (tertiary/aromatic N) is 1. The normalized spacial score (nSPS) is 25.1. The molecule has 21 heavy (non-hydrogen) atoms. The van der Waals surface area contributed by atoms with Crippen LogP contribution in [0.4, 0.5) is 8.78 Å². The largest absolute Gasteiger partial charge is 0.480 e. The summed E-state index contributed by atoms with van der Waals surface area (Å²) in [5.74, 6) is -2.82. The highest BCUT2D eigenvalue weighted by Crippen LogP contribution is 2.45. The van der Waals surface area contributed by atoms with Crippen LogP contribution >= 0.6 is 11.8 Å². The van der Waals surface area contributed by atoms with Gasteiger partial charge in [-0.25, -0.2) is 13.6 Å². The average Bonchev–Trinajstić information content (AvgIpc) is 3.15. The summed E-state index contributed by atoms with van der Waals surface area (Å²) >= 11 is 1.43. The van der Waals surface area contributed by atoms with Gasteiger partial charge < -0.3 is 10.0 Å². The summed E-state index contributed by atoms with van der Waals surface area (Å²) in [4.78, 5) is 25.1. The fourth-order valence-electron chi connectivity index (χ4n) is 2.55. The van der Waals surface area contributed by atoms with Gasteiger partial charge in [-0.05, 0) is 30.9 Å². The van der Waals surface area contributed by atoms with E-state index in [1.807, 2.05) is 0 Å². The number of amides is 1. The molecular weight excluding hydrogens is 300 g/mol. The number of rotatable bonds is 3. The summed E-state index contributed by atoms with van der Waals surface area (Å²) in [5, 5.41) is 9.04. The van der Waals surface area contributed by atoms with Crippen LogP contribution in [0.15, 0.2) is 18.2 Å². The number of thioether (sulfide) groups is 1. The van der Waals surface area contributed by atoms with Crippen molar-refractivity contribution in [3.8, 4) is 0 Å². The van der Waals surface area contributed by atoms with E-state index in [0.717, 1.165) is 25.0 Å². The van der Waals surface area contributed by atoms with Gasteiger partial charge in [0, 0.05) is 17.4 Å². The zero-order chi connectivity index (χ0) is 15.1. The number of halogens is 2. The number of carbonyl (C=O) groups excluding carboxylic acids is 1. The van der Waals surface area contributed by atoms with E-state index in [0.29, 0.717) is 11.8 Å². The number of hydrogen-bond acceptors (Lipinski definition) is 3. The molecule has 0 radical (unpaired) electrons. The van der Waals surface area contributed by atoms with Gasteiger partial charge in [0.2, 0.25) is 0 Å². The quantitative estimate of drug-likeness (QED) is 0.930. The van der Waals surface area contributed by atoms with Gasteiger partial charge >= 0.3 is 5.97 Å². The second-order valence-electron chi connectivity index (χ2n) is 5.29. The van der Waals surface area contributed by atoms with E-state index in [4.69, 9.17) is 0 Å². The fraction of sp³-hybridized carbons (Fsp3) is 0.429. The highest BCUT2D eigenvalue weighted by atomic mass is 32.2. The van der Waals surface area contributed by atoms with Gasteiger partial charge in [-0.15, -0.1) is 11.8 Å². The summed E-state index contributed by atoms with van der Waals surface area (Å²) in [7, 11) is 0. The van der Waals surface area contributed by atoms with Crippen LogP contribution in [0.5, 0.6) is 0 Å². The number of carboxylic acid groups (broad SMARTS) is 1. The lowest BCUT2D eigenvalue weighted by Crippen LogP contribution is -2.46. The molecule has 1 amide bonds. The summed E-state index contributed by atoms with van der Waals surface area (Å²) in [5.41, 5.74) is -0.146.